The summed E-state index contributed by atoms with van der Waals surface area (Å²) in [6, 6.07) is 0. The Kier molecular flexibility index (Phi) is 5.38. The summed E-state index contributed by atoms with van der Waals surface area (Å²) in [5.74, 6) is 0. The quantitative estimate of drug-likeness (QED) is 0.707. The Morgan fingerprint density at radius 1 is 1.17 bits per heavy atom. The number of hydrogen-bond acceptors (Lipinski definition) is 4. The highest BCUT2D eigenvalue weighted by atomic mass is 32.2. The van der Waals surface area contributed by atoms with Crippen LogP contribution in [-0.4, -0.2) is 75.9 Å². The van der Waals surface area contributed by atoms with Crippen molar-refractivity contribution < 1.29 is 21.6 Å². The van der Waals surface area contributed by atoms with Crippen LogP contribution >= 0.6 is 0 Å². The minimum atomic E-state index is -4.19. The van der Waals surface area contributed by atoms with Crippen molar-refractivity contribution in [2.24, 2.45) is 0 Å². The topological polar surface area (TPSA) is 52.7 Å². The van der Waals surface area contributed by atoms with Crippen LogP contribution in [0, 0.1) is 0 Å². The second-order valence-corrected chi connectivity index (χ2v) is 6.28. The van der Waals surface area contributed by atoms with Gasteiger partial charge in [0.05, 0.1) is 12.8 Å². The van der Waals surface area contributed by atoms with Crippen LogP contribution in [0.5, 0.6) is 0 Å². The molecule has 1 aliphatic heterocycles. The van der Waals surface area contributed by atoms with Crippen molar-refractivity contribution in [1.29, 1.82) is 0 Å². The van der Waals surface area contributed by atoms with E-state index < -0.39 is 22.7 Å². The van der Waals surface area contributed by atoms with Gasteiger partial charge in [0.15, 0.2) is 0 Å². The number of sulfonamides is 1. The normalized spacial score (nSPS) is 20.2. The number of alkyl halides is 3. The molecule has 0 amide bonds. The van der Waals surface area contributed by atoms with Crippen LogP contribution in [0.4, 0.5) is 13.2 Å². The molecular weight excluding hydrogens is 271 g/mol. The number of halogens is 3. The highest BCUT2D eigenvalue weighted by molar-refractivity contribution is 7.88. The fraction of sp³-hybridized carbons (Fsp3) is 1.00. The summed E-state index contributed by atoms with van der Waals surface area (Å²) in [6.07, 6.45) is -3.03. The van der Waals surface area contributed by atoms with Crippen LogP contribution in [0.3, 0.4) is 0 Å². The van der Waals surface area contributed by atoms with Gasteiger partial charge >= 0.3 is 6.18 Å². The number of hydrogen-bond donors (Lipinski definition) is 1. The Balaban J connectivity index is 2.17. The molecule has 108 valence electrons. The summed E-state index contributed by atoms with van der Waals surface area (Å²) >= 11 is 0. The van der Waals surface area contributed by atoms with Crippen molar-refractivity contribution in [3.63, 3.8) is 0 Å². The van der Waals surface area contributed by atoms with Crippen LogP contribution < -0.4 is 5.32 Å². The second-order valence-electron chi connectivity index (χ2n) is 4.30. The van der Waals surface area contributed by atoms with Gasteiger partial charge in [0.1, 0.15) is 0 Å². The van der Waals surface area contributed by atoms with Crippen LogP contribution in [0.2, 0.25) is 0 Å². The average Bonchev–Trinajstić information content (AvgIpc) is 2.22. The Labute approximate surface area is 105 Å². The summed E-state index contributed by atoms with van der Waals surface area (Å²) in [5.41, 5.74) is 0. The fourth-order valence-corrected chi connectivity index (χ4v) is 2.58. The predicted octanol–water partition coefficient (Wildman–Crippen LogP) is -0.284. The molecule has 1 heterocycles. The monoisotopic (exact) mass is 289 g/mol. The number of nitrogens with one attached hydrogen (secondary N) is 1. The van der Waals surface area contributed by atoms with Crippen molar-refractivity contribution in [3.05, 3.63) is 0 Å². The van der Waals surface area contributed by atoms with Crippen molar-refractivity contribution in [2.75, 3.05) is 52.1 Å². The van der Waals surface area contributed by atoms with Crippen LogP contribution in [0.1, 0.15) is 0 Å². The molecule has 0 atom stereocenters. The lowest BCUT2D eigenvalue weighted by atomic mass is 10.3. The van der Waals surface area contributed by atoms with Gasteiger partial charge in [-0.15, -0.1) is 0 Å². The Bertz CT molecular complexity index is 351. The molecule has 0 aromatic carbocycles. The number of nitrogens with zero attached hydrogens (tertiary/aromatic N) is 2. The highest BCUT2D eigenvalue weighted by Gasteiger charge is 2.26. The standard InChI is InChI=1S/C9H18F3N3O2S/c1-18(16,17)15-6-4-14(5-7-15)3-2-13-8-9(10,11)12/h13H,2-8H2,1H3. The molecule has 0 unspecified atom stereocenters. The summed E-state index contributed by atoms with van der Waals surface area (Å²) in [4.78, 5) is 1.95. The first-order valence-corrected chi connectivity index (χ1v) is 7.48. The van der Waals surface area contributed by atoms with Gasteiger partial charge in [-0.05, 0) is 0 Å². The molecule has 18 heavy (non-hydrogen) atoms. The smallest absolute Gasteiger partial charge is 0.307 e. The first-order chi connectivity index (χ1) is 8.18. The summed E-state index contributed by atoms with van der Waals surface area (Å²) in [7, 11) is -3.15. The predicted molar refractivity (Wildman–Crippen MR) is 61.8 cm³/mol. The molecule has 1 rings (SSSR count). The largest absolute Gasteiger partial charge is 0.401 e. The van der Waals surface area contributed by atoms with Gasteiger partial charge in [0.25, 0.3) is 0 Å². The van der Waals surface area contributed by atoms with E-state index in [-0.39, 0.29) is 6.54 Å². The van der Waals surface area contributed by atoms with Gasteiger partial charge < -0.3 is 5.32 Å². The van der Waals surface area contributed by atoms with Gasteiger partial charge in [-0.25, -0.2) is 8.42 Å². The first-order valence-electron chi connectivity index (χ1n) is 5.63. The molecule has 0 bridgehead atoms. The lowest BCUT2D eigenvalue weighted by Crippen LogP contribution is -2.49. The van der Waals surface area contributed by atoms with E-state index in [4.69, 9.17) is 0 Å². The van der Waals surface area contributed by atoms with Gasteiger partial charge in [-0.1, -0.05) is 0 Å². The molecule has 0 aliphatic carbocycles. The van der Waals surface area contributed by atoms with Gasteiger partial charge in [-0.2, -0.15) is 17.5 Å². The second kappa shape index (κ2) is 6.18. The van der Waals surface area contributed by atoms with E-state index in [1.807, 2.05) is 4.90 Å². The number of piperazine rings is 1. The Morgan fingerprint density at radius 2 is 1.72 bits per heavy atom. The third kappa shape index (κ3) is 5.98. The zero-order valence-corrected chi connectivity index (χ0v) is 11.0. The molecule has 1 N–H and O–H groups in total. The minimum Gasteiger partial charge on any atom is -0.307 e. The minimum absolute atomic E-state index is 0.248. The van der Waals surface area contributed by atoms with Crippen molar-refractivity contribution in [3.8, 4) is 0 Å². The number of rotatable bonds is 5. The first kappa shape index (κ1) is 15.7. The van der Waals surface area contributed by atoms with Gasteiger partial charge in [0.2, 0.25) is 10.0 Å². The molecule has 0 spiro atoms. The Hall–Kier alpha value is -0.380. The van der Waals surface area contributed by atoms with E-state index in [2.05, 4.69) is 5.32 Å². The zero-order valence-electron chi connectivity index (χ0n) is 10.2. The average molecular weight is 289 g/mol. The maximum absolute atomic E-state index is 11.9. The summed E-state index contributed by atoms with van der Waals surface area (Å²) < 4.78 is 59.4. The molecule has 1 aliphatic rings. The van der Waals surface area contributed by atoms with Crippen LogP contribution in [0.15, 0.2) is 0 Å². The maximum atomic E-state index is 11.9. The Morgan fingerprint density at radius 3 is 2.17 bits per heavy atom. The molecule has 1 saturated heterocycles. The van der Waals surface area contributed by atoms with Crippen molar-refractivity contribution in [1.82, 2.24) is 14.5 Å². The van der Waals surface area contributed by atoms with Crippen LogP contribution in [-0.2, 0) is 10.0 Å². The maximum Gasteiger partial charge on any atom is 0.401 e. The van der Waals surface area contributed by atoms with E-state index in [0.29, 0.717) is 32.7 Å². The van der Waals surface area contributed by atoms with E-state index in [0.717, 1.165) is 6.26 Å². The van der Waals surface area contributed by atoms with E-state index >= 15 is 0 Å². The van der Waals surface area contributed by atoms with Crippen molar-refractivity contribution >= 4 is 10.0 Å². The molecular formula is C9H18F3N3O2S. The van der Waals surface area contributed by atoms with Crippen molar-refractivity contribution in [2.45, 2.75) is 6.18 Å². The molecule has 5 nitrogen and oxygen atoms in total. The molecule has 1 fully saturated rings. The lowest BCUT2D eigenvalue weighted by molar-refractivity contribution is -0.124. The fourth-order valence-electron chi connectivity index (χ4n) is 1.75. The van der Waals surface area contributed by atoms with Gasteiger partial charge in [-0.3, -0.25) is 4.90 Å². The van der Waals surface area contributed by atoms with Gasteiger partial charge in [0, 0.05) is 39.3 Å². The SMILES string of the molecule is CS(=O)(=O)N1CCN(CCNCC(F)(F)F)CC1. The van der Waals surface area contributed by atoms with E-state index in [1.54, 1.807) is 0 Å². The zero-order chi connectivity index (χ0) is 13.8. The molecule has 0 aromatic heterocycles. The van der Waals surface area contributed by atoms with Crippen LogP contribution in [0.25, 0.3) is 0 Å². The lowest BCUT2D eigenvalue weighted by Gasteiger charge is -2.33. The third-order valence-electron chi connectivity index (χ3n) is 2.73. The summed E-state index contributed by atoms with van der Waals surface area (Å²) in [6.45, 7) is 1.67. The van der Waals surface area contributed by atoms with E-state index in [9.17, 15) is 21.6 Å². The molecule has 0 saturated carbocycles. The third-order valence-corrected chi connectivity index (χ3v) is 4.03. The summed E-state index contributed by atoms with van der Waals surface area (Å²) in [5, 5.41) is 2.32. The highest BCUT2D eigenvalue weighted by Crippen LogP contribution is 2.12. The molecule has 0 aromatic rings. The van der Waals surface area contributed by atoms with E-state index in [1.165, 1.54) is 4.31 Å². The molecule has 0 radical (unpaired) electrons. The molecule has 9 heteroatoms.